The molecule has 1 N–H and O–H groups in total. The Morgan fingerprint density at radius 1 is 1.58 bits per heavy atom. The number of hydrogen-bond acceptors (Lipinski definition) is 3. The molecular weight excluding hydrogens is 236 g/mol. The highest BCUT2D eigenvalue weighted by Gasteiger charge is 2.34. The third kappa shape index (κ3) is 3.16. The van der Waals surface area contributed by atoms with Crippen molar-refractivity contribution in [2.75, 3.05) is 6.54 Å². The Labute approximate surface area is 115 Å². The van der Waals surface area contributed by atoms with E-state index in [1.165, 1.54) is 11.3 Å². The van der Waals surface area contributed by atoms with E-state index in [2.05, 4.69) is 37.3 Å². The highest BCUT2D eigenvalue weighted by molar-refractivity contribution is 5.27. The van der Waals surface area contributed by atoms with Crippen LogP contribution in [0.3, 0.4) is 0 Å². The monoisotopic (exact) mass is 260 g/mol. The first-order chi connectivity index (χ1) is 9.07. The summed E-state index contributed by atoms with van der Waals surface area (Å²) in [5, 5.41) is 16.9. The highest BCUT2D eigenvalue weighted by Crippen LogP contribution is 2.40. The molecule has 4 heteroatoms. The molecule has 0 saturated heterocycles. The fraction of sp³-hybridized carbons (Fsp3) is 0.733. The topological polar surface area (TPSA) is 53.6 Å². The standard InChI is InChI=1S/C15H24N4/c1-4-7-17-13-9-15(2,3)10-14-12(13)11-18-19(14)8-5-6-16/h11,13,17H,4-5,7-10H2,1-3H3. The van der Waals surface area contributed by atoms with Gasteiger partial charge in [-0.2, -0.15) is 10.4 Å². The molecule has 4 nitrogen and oxygen atoms in total. The number of hydrogen-bond donors (Lipinski definition) is 1. The van der Waals surface area contributed by atoms with Crippen molar-refractivity contribution in [1.29, 1.82) is 5.26 Å². The first-order valence-electron chi connectivity index (χ1n) is 7.22. The van der Waals surface area contributed by atoms with Gasteiger partial charge >= 0.3 is 0 Å². The lowest BCUT2D eigenvalue weighted by molar-refractivity contribution is 0.251. The smallest absolute Gasteiger partial charge is 0.0641 e. The van der Waals surface area contributed by atoms with Crippen LogP contribution < -0.4 is 5.32 Å². The average Bonchev–Trinajstić information content (AvgIpc) is 2.75. The zero-order chi connectivity index (χ0) is 13.9. The molecular formula is C15H24N4. The first-order valence-corrected chi connectivity index (χ1v) is 7.22. The van der Waals surface area contributed by atoms with Gasteiger partial charge in [-0.15, -0.1) is 0 Å². The van der Waals surface area contributed by atoms with Crippen molar-refractivity contribution < 1.29 is 0 Å². The van der Waals surface area contributed by atoms with Crippen LogP contribution in [0.25, 0.3) is 0 Å². The van der Waals surface area contributed by atoms with Gasteiger partial charge in [0.1, 0.15) is 0 Å². The third-order valence-electron chi connectivity index (χ3n) is 3.84. The molecule has 0 spiro atoms. The van der Waals surface area contributed by atoms with Gasteiger partial charge in [-0.05, 0) is 31.2 Å². The quantitative estimate of drug-likeness (QED) is 0.885. The van der Waals surface area contributed by atoms with Crippen LogP contribution in [0.5, 0.6) is 0 Å². The van der Waals surface area contributed by atoms with Gasteiger partial charge in [-0.25, -0.2) is 0 Å². The maximum atomic E-state index is 8.74. The van der Waals surface area contributed by atoms with Crippen LogP contribution in [0.1, 0.15) is 57.3 Å². The van der Waals surface area contributed by atoms with Gasteiger partial charge in [0.05, 0.1) is 25.2 Å². The van der Waals surface area contributed by atoms with E-state index in [9.17, 15) is 0 Å². The predicted molar refractivity (Wildman–Crippen MR) is 75.6 cm³/mol. The van der Waals surface area contributed by atoms with Gasteiger partial charge in [0.2, 0.25) is 0 Å². The van der Waals surface area contributed by atoms with Crippen LogP contribution in [0, 0.1) is 16.7 Å². The van der Waals surface area contributed by atoms with Crippen LogP contribution in [0.15, 0.2) is 6.20 Å². The van der Waals surface area contributed by atoms with Crippen LogP contribution in [0.2, 0.25) is 0 Å². The second-order valence-electron chi connectivity index (χ2n) is 6.23. The molecule has 0 radical (unpaired) electrons. The summed E-state index contributed by atoms with van der Waals surface area (Å²) in [6.07, 6.45) is 5.88. The van der Waals surface area contributed by atoms with Gasteiger partial charge in [0, 0.05) is 17.3 Å². The molecule has 0 amide bonds. The highest BCUT2D eigenvalue weighted by atomic mass is 15.3. The molecule has 2 rings (SSSR count). The van der Waals surface area contributed by atoms with E-state index in [4.69, 9.17) is 5.26 Å². The van der Waals surface area contributed by atoms with Gasteiger partial charge in [-0.1, -0.05) is 20.8 Å². The van der Waals surface area contributed by atoms with E-state index in [-0.39, 0.29) is 0 Å². The molecule has 1 aromatic heterocycles. The second-order valence-corrected chi connectivity index (χ2v) is 6.23. The van der Waals surface area contributed by atoms with Gasteiger partial charge in [-0.3, -0.25) is 4.68 Å². The summed E-state index contributed by atoms with van der Waals surface area (Å²) in [6.45, 7) is 8.58. The molecule has 1 heterocycles. The summed E-state index contributed by atoms with van der Waals surface area (Å²) < 4.78 is 2.03. The molecule has 0 bridgehead atoms. The maximum Gasteiger partial charge on any atom is 0.0641 e. The lowest BCUT2D eigenvalue weighted by atomic mass is 9.74. The van der Waals surface area contributed by atoms with Crippen molar-refractivity contribution >= 4 is 0 Å². The molecule has 1 unspecified atom stereocenters. The minimum atomic E-state index is 0.294. The van der Waals surface area contributed by atoms with Crippen molar-refractivity contribution in [2.24, 2.45) is 5.41 Å². The third-order valence-corrected chi connectivity index (χ3v) is 3.84. The number of nitrogens with zero attached hydrogens (tertiary/aromatic N) is 3. The molecule has 1 atom stereocenters. The lowest BCUT2D eigenvalue weighted by Gasteiger charge is -2.36. The summed E-state index contributed by atoms with van der Waals surface area (Å²) in [6, 6.07) is 2.61. The van der Waals surface area contributed by atoms with Crippen LogP contribution in [0.4, 0.5) is 0 Å². The largest absolute Gasteiger partial charge is 0.310 e. The number of nitriles is 1. The minimum Gasteiger partial charge on any atom is -0.310 e. The average molecular weight is 260 g/mol. The van der Waals surface area contributed by atoms with E-state index < -0.39 is 0 Å². The van der Waals surface area contributed by atoms with Crippen molar-refractivity contribution in [1.82, 2.24) is 15.1 Å². The van der Waals surface area contributed by atoms with Crippen LogP contribution >= 0.6 is 0 Å². The molecule has 0 saturated carbocycles. The van der Waals surface area contributed by atoms with Crippen molar-refractivity contribution in [2.45, 2.75) is 59.0 Å². The maximum absolute atomic E-state index is 8.74. The molecule has 104 valence electrons. The van der Waals surface area contributed by atoms with Crippen molar-refractivity contribution in [3.8, 4) is 6.07 Å². The molecule has 1 aliphatic rings. The summed E-state index contributed by atoms with van der Waals surface area (Å²) in [4.78, 5) is 0. The van der Waals surface area contributed by atoms with E-state index in [0.29, 0.717) is 24.4 Å². The Morgan fingerprint density at radius 3 is 3.05 bits per heavy atom. The zero-order valence-corrected chi connectivity index (χ0v) is 12.2. The van der Waals surface area contributed by atoms with Crippen LogP contribution in [-0.2, 0) is 13.0 Å². The van der Waals surface area contributed by atoms with Gasteiger partial charge in [0.15, 0.2) is 0 Å². The predicted octanol–water partition coefficient (Wildman–Crippen LogP) is 2.81. The van der Waals surface area contributed by atoms with E-state index in [1.807, 2.05) is 10.9 Å². The Bertz CT molecular complexity index is 467. The number of aryl methyl sites for hydroxylation is 1. The number of rotatable bonds is 5. The van der Waals surface area contributed by atoms with Crippen molar-refractivity contribution in [3.63, 3.8) is 0 Å². The molecule has 1 aliphatic carbocycles. The van der Waals surface area contributed by atoms with E-state index in [1.54, 1.807) is 0 Å². The number of nitrogens with one attached hydrogen (secondary N) is 1. The second kappa shape index (κ2) is 5.75. The molecule has 0 aromatic carbocycles. The summed E-state index contributed by atoms with van der Waals surface area (Å²) >= 11 is 0. The lowest BCUT2D eigenvalue weighted by Crippen LogP contribution is -2.34. The molecule has 0 aliphatic heterocycles. The summed E-state index contributed by atoms with van der Waals surface area (Å²) in [7, 11) is 0. The normalized spacial score (nSPS) is 20.8. The van der Waals surface area contributed by atoms with Gasteiger partial charge < -0.3 is 5.32 Å². The Kier molecular flexibility index (Phi) is 4.26. The summed E-state index contributed by atoms with van der Waals surface area (Å²) in [5.41, 5.74) is 2.95. The fourth-order valence-corrected chi connectivity index (χ4v) is 2.95. The zero-order valence-electron chi connectivity index (χ0n) is 12.2. The Morgan fingerprint density at radius 2 is 2.37 bits per heavy atom. The molecule has 19 heavy (non-hydrogen) atoms. The van der Waals surface area contributed by atoms with E-state index in [0.717, 1.165) is 25.8 Å². The minimum absolute atomic E-state index is 0.294. The van der Waals surface area contributed by atoms with Crippen molar-refractivity contribution in [3.05, 3.63) is 17.5 Å². The Hall–Kier alpha value is -1.34. The fourth-order valence-electron chi connectivity index (χ4n) is 2.95. The Balaban J connectivity index is 2.24. The molecule has 1 aromatic rings. The summed E-state index contributed by atoms with van der Waals surface area (Å²) in [5.74, 6) is 0. The SMILES string of the molecule is CCCNC1CC(C)(C)Cc2c1cnn2CCC#N. The number of aromatic nitrogens is 2. The van der Waals surface area contributed by atoms with Gasteiger partial charge in [0.25, 0.3) is 0 Å². The van der Waals surface area contributed by atoms with E-state index >= 15 is 0 Å². The first kappa shape index (κ1) is 14.1. The molecule has 0 fully saturated rings. The number of fused-ring (bicyclic) bond motifs is 1. The van der Waals surface area contributed by atoms with Crippen LogP contribution in [-0.4, -0.2) is 16.3 Å².